The third-order valence-electron chi connectivity index (χ3n) is 2.86. The molecule has 4 nitrogen and oxygen atoms in total. The van der Waals surface area contributed by atoms with Gasteiger partial charge in [0, 0.05) is 19.2 Å². The highest BCUT2D eigenvalue weighted by Crippen LogP contribution is 2.19. The first-order chi connectivity index (χ1) is 9.78. The van der Waals surface area contributed by atoms with Crippen molar-refractivity contribution in [3.8, 4) is 0 Å². The second kappa shape index (κ2) is 7.77. The molecule has 1 aromatic carbocycles. The Morgan fingerprint density at radius 3 is 2.57 bits per heavy atom. The first-order valence-corrected chi connectivity index (χ1v) is 7.96. The maximum absolute atomic E-state index is 13.6. The van der Waals surface area contributed by atoms with Crippen molar-refractivity contribution in [2.45, 2.75) is 31.2 Å². The average Bonchev–Trinajstić information content (AvgIpc) is 2.40. The van der Waals surface area contributed by atoms with E-state index in [-0.39, 0.29) is 17.0 Å². The molecule has 0 bridgehead atoms. The molecule has 0 heterocycles. The van der Waals surface area contributed by atoms with Crippen LogP contribution in [0.5, 0.6) is 0 Å². The molecule has 0 amide bonds. The Balaban J connectivity index is 2.99. The van der Waals surface area contributed by atoms with Gasteiger partial charge in [-0.1, -0.05) is 6.92 Å². The molecule has 0 aromatic heterocycles. The van der Waals surface area contributed by atoms with E-state index in [4.69, 9.17) is 0 Å². The Morgan fingerprint density at radius 2 is 2.00 bits per heavy atom. The van der Waals surface area contributed by atoms with E-state index in [2.05, 4.69) is 5.32 Å². The average molecular weight is 324 g/mol. The molecule has 0 fully saturated rings. The van der Waals surface area contributed by atoms with Crippen LogP contribution in [0.3, 0.4) is 0 Å². The van der Waals surface area contributed by atoms with Crippen molar-refractivity contribution >= 4 is 10.0 Å². The minimum Gasteiger partial charge on any atom is -0.313 e. The minimum absolute atomic E-state index is 0.182. The monoisotopic (exact) mass is 324 g/mol. The van der Waals surface area contributed by atoms with Crippen LogP contribution in [0.2, 0.25) is 0 Å². The number of hydrogen-bond donors (Lipinski definition) is 1. The van der Waals surface area contributed by atoms with Gasteiger partial charge in [0.2, 0.25) is 10.0 Å². The van der Waals surface area contributed by atoms with E-state index in [1.165, 1.54) is 6.07 Å². The lowest BCUT2D eigenvalue weighted by molar-refractivity contribution is 0.126. The van der Waals surface area contributed by atoms with Crippen LogP contribution in [-0.2, 0) is 16.6 Å². The molecule has 120 valence electrons. The van der Waals surface area contributed by atoms with E-state index < -0.39 is 28.8 Å². The molecule has 0 saturated heterocycles. The Hall–Kier alpha value is -1.12. The summed E-state index contributed by atoms with van der Waals surface area (Å²) in [5.41, 5.74) is 0.190. The molecule has 0 saturated carbocycles. The summed E-state index contributed by atoms with van der Waals surface area (Å²) in [5.74, 6) is -0.533. The first kappa shape index (κ1) is 17.9. The quantitative estimate of drug-likeness (QED) is 0.746. The van der Waals surface area contributed by atoms with Crippen LogP contribution < -0.4 is 5.32 Å². The van der Waals surface area contributed by atoms with E-state index in [9.17, 15) is 21.6 Å². The zero-order chi connectivity index (χ0) is 16.0. The van der Waals surface area contributed by atoms with Gasteiger partial charge in [0.15, 0.2) is 0 Å². The summed E-state index contributed by atoms with van der Waals surface area (Å²) in [6.45, 7) is 1.90. The molecule has 1 aromatic rings. The van der Waals surface area contributed by atoms with Gasteiger partial charge in [0.05, 0.1) is 11.4 Å². The van der Waals surface area contributed by atoms with Crippen molar-refractivity contribution in [1.29, 1.82) is 0 Å². The highest BCUT2D eigenvalue weighted by molar-refractivity contribution is 7.89. The lowest BCUT2D eigenvalue weighted by Gasteiger charge is -2.17. The normalized spacial score (nSPS) is 12.3. The molecule has 0 unspecified atom stereocenters. The molecule has 1 rings (SSSR count). The van der Waals surface area contributed by atoms with Gasteiger partial charge in [-0.2, -0.15) is 4.31 Å². The van der Waals surface area contributed by atoms with Gasteiger partial charge < -0.3 is 5.32 Å². The summed E-state index contributed by atoms with van der Waals surface area (Å²) in [6.07, 6.45) is -1.91. The molecule has 21 heavy (non-hydrogen) atoms. The molecule has 0 atom stereocenters. The third kappa shape index (κ3) is 4.98. The molecule has 0 radical (unpaired) electrons. The standard InChI is InChI=1S/C13H19F3N2O2S/c1-3-6-17-8-10-7-11(4-5-12(10)14)21(19,20)18(2)9-13(15)16/h4-5,7,13,17H,3,6,8-9H2,1-2H3. The van der Waals surface area contributed by atoms with Gasteiger partial charge in [-0.25, -0.2) is 21.6 Å². The minimum atomic E-state index is -4.05. The Kier molecular flexibility index (Phi) is 6.63. The van der Waals surface area contributed by atoms with E-state index in [1.807, 2.05) is 6.92 Å². The fourth-order valence-corrected chi connectivity index (χ4v) is 2.92. The van der Waals surface area contributed by atoms with Crippen LogP contribution in [0, 0.1) is 5.82 Å². The number of hydrogen-bond acceptors (Lipinski definition) is 3. The molecular weight excluding hydrogens is 305 g/mol. The highest BCUT2D eigenvalue weighted by atomic mass is 32.2. The zero-order valence-corrected chi connectivity index (χ0v) is 12.8. The van der Waals surface area contributed by atoms with Gasteiger partial charge in [-0.15, -0.1) is 0 Å². The van der Waals surface area contributed by atoms with Crippen molar-refractivity contribution in [3.05, 3.63) is 29.6 Å². The number of nitrogens with zero attached hydrogens (tertiary/aromatic N) is 1. The van der Waals surface area contributed by atoms with Gasteiger partial charge in [0.1, 0.15) is 5.82 Å². The number of alkyl halides is 2. The lowest BCUT2D eigenvalue weighted by Crippen LogP contribution is -2.31. The van der Waals surface area contributed by atoms with Crippen LogP contribution in [0.25, 0.3) is 0 Å². The number of halogens is 3. The van der Waals surface area contributed by atoms with Gasteiger partial charge in [-0.3, -0.25) is 0 Å². The second-order valence-corrected chi connectivity index (χ2v) is 6.65. The SMILES string of the molecule is CCCNCc1cc(S(=O)(=O)N(C)CC(F)F)ccc1F. The number of sulfonamides is 1. The summed E-state index contributed by atoms with van der Waals surface area (Å²) in [7, 11) is -2.98. The van der Waals surface area contributed by atoms with Gasteiger partial charge in [0.25, 0.3) is 6.43 Å². The smallest absolute Gasteiger partial charge is 0.252 e. The Bertz CT molecular complexity index is 565. The predicted molar refractivity (Wildman–Crippen MR) is 74.2 cm³/mol. The summed E-state index contributed by atoms with van der Waals surface area (Å²) in [5, 5.41) is 2.96. The summed E-state index contributed by atoms with van der Waals surface area (Å²) >= 11 is 0. The van der Waals surface area contributed by atoms with Crippen LogP contribution in [-0.4, -0.2) is 39.3 Å². The van der Waals surface area contributed by atoms with E-state index in [0.717, 1.165) is 25.6 Å². The lowest BCUT2D eigenvalue weighted by atomic mass is 10.2. The van der Waals surface area contributed by atoms with Gasteiger partial charge in [-0.05, 0) is 31.2 Å². The van der Waals surface area contributed by atoms with Crippen LogP contribution in [0.15, 0.2) is 23.1 Å². The number of nitrogens with one attached hydrogen (secondary N) is 1. The highest BCUT2D eigenvalue weighted by Gasteiger charge is 2.24. The molecule has 0 spiro atoms. The fourth-order valence-electron chi connectivity index (χ4n) is 1.72. The van der Waals surface area contributed by atoms with Crippen LogP contribution in [0.4, 0.5) is 13.2 Å². The fraction of sp³-hybridized carbons (Fsp3) is 0.538. The zero-order valence-electron chi connectivity index (χ0n) is 11.9. The van der Waals surface area contributed by atoms with E-state index >= 15 is 0 Å². The molecule has 0 aliphatic carbocycles. The van der Waals surface area contributed by atoms with Crippen molar-refractivity contribution in [2.75, 3.05) is 20.1 Å². The van der Waals surface area contributed by atoms with E-state index in [0.29, 0.717) is 10.8 Å². The Labute approximate surface area is 123 Å². The molecule has 0 aliphatic heterocycles. The summed E-state index contributed by atoms with van der Waals surface area (Å²) < 4.78 is 63.0. The maximum Gasteiger partial charge on any atom is 0.252 e. The summed E-state index contributed by atoms with van der Waals surface area (Å²) in [4.78, 5) is -0.194. The molecule has 1 N–H and O–H groups in total. The van der Waals surface area contributed by atoms with Crippen molar-refractivity contribution < 1.29 is 21.6 Å². The number of rotatable bonds is 8. The van der Waals surface area contributed by atoms with Crippen LogP contribution in [0.1, 0.15) is 18.9 Å². The first-order valence-electron chi connectivity index (χ1n) is 6.52. The largest absolute Gasteiger partial charge is 0.313 e. The topological polar surface area (TPSA) is 49.4 Å². The van der Waals surface area contributed by atoms with Crippen molar-refractivity contribution in [1.82, 2.24) is 9.62 Å². The predicted octanol–water partition coefficient (Wildman–Crippen LogP) is 2.21. The summed E-state index contributed by atoms with van der Waals surface area (Å²) in [6, 6.07) is 3.29. The molecule has 0 aliphatic rings. The second-order valence-electron chi connectivity index (χ2n) is 4.61. The number of benzene rings is 1. The van der Waals surface area contributed by atoms with Crippen molar-refractivity contribution in [3.63, 3.8) is 0 Å². The Morgan fingerprint density at radius 1 is 1.33 bits per heavy atom. The molecular formula is C13H19F3N2O2S. The van der Waals surface area contributed by atoms with Crippen LogP contribution >= 0.6 is 0 Å². The maximum atomic E-state index is 13.6. The van der Waals surface area contributed by atoms with E-state index in [1.54, 1.807) is 0 Å². The molecule has 8 heteroatoms. The van der Waals surface area contributed by atoms with Gasteiger partial charge >= 0.3 is 0 Å². The van der Waals surface area contributed by atoms with Crippen molar-refractivity contribution in [2.24, 2.45) is 0 Å². The third-order valence-corrected chi connectivity index (χ3v) is 4.68.